The summed E-state index contributed by atoms with van der Waals surface area (Å²) >= 11 is 6.23. The van der Waals surface area contributed by atoms with E-state index in [2.05, 4.69) is 63.0 Å². The normalized spacial score (nSPS) is 18.6. The van der Waals surface area contributed by atoms with E-state index in [0.29, 0.717) is 0 Å². The van der Waals surface area contributed by atoms with Crippen molar-refractivity contribution in [3.05, 3.63) is 53.6 Å². The van der Waals surface area contributed by atoms with Gasteiger partial charge in [0.25, 0.3) is 0 Å². The maximum absolute atomic E-state index is 6.23. The fourth-order valence-corrected chi connectivity index (χ4v) is 4.31. The summed E-state index contributed by atoms with van der Waals surface area (Å²) in [5.74, 6) is 0. The lowest BCUT2D eigenvalue weighted by Gasteiger charge is -2.39. The van der Waals surface area contributed by atoms with Crippen molar-refractivity contribution in [2.45, 2.75) is 6.42 Å². The molecular weight excluding hydrogens is 356 g/mol. The molecule has 0 spiro atoms. The minimum atomic E-state index is 0.791. The first-order valence-corrected chi connectivity index (χ1v) is 10.4. The van der Waals surface area contributed by atoms with Gasteiger partial charge in [0.2, 0.25) is 0 Å². The highest BCUT2D eigenvalue weighted by Crippen LogP contribution is 2.38. The highest BCUT2D eigenvalue weighted by molar-refractivity contribution is 6.30. The molecule has 2 aromatic carbocycles. The number of benzene rings is 2. The van der Waals surface area contributed by atoms with E-state index in [9.17, 15) is 0 Å². The molecule has 144 valence electrons. The summed E-state index contributed by atoms with van der Waals surface area (Å²) in [4.78, 5) is 9.96. The molecule has 27 heavy (non-hydrogen) atoms. The average Bonchev–Trinajstić information content (AvgIpc) is 2.69. The van der Waals surface area contributed by atoms with Gasteiger partial charge in [-0.05, 0) is 50.3 Å². The summed E-state index contributed by atoms with van der Waals surface area (Å²) in [6.45, 7) is 9.16. The minimum absolute atomic E-state index is 0.791. The Morgan fingerprint density at radius 1 is 0.815 bits per heavy atom. The second-order valence-electron chi connectivity index (χ2n) is 7.61. The first kappa shape index (κ1) is 18.6. The Morgan fingerprint density at radius 3 is 2.37 bits per heavy atom. The van der Waals surface area contributed by atoms with E-state index >= 15 is 0 Å². The van der Waals surface area contributed by atoms with Crippen molar-refractivity contribution < 1.29 is 0 Å². The van der Waals surface area contributed by atoms with Crippen LogP contribution in [0.3, 0.4) is 0 Å². The number of likely N-dealkylation sites (N-methyl/N-ethyl adjacent to an activating group) is 1. The zero-order valence-electron chi connectivity index (χ0n) is 16.1. The number of fused-ring (bicyclic) bond motifs is 1. The Hall–Kier alpha value is -1.75. The maximum Gasteiger partial charge on any atom is 0.0649 e. The van der Waals surface area contributed by atoms with E-state index in [-0.39, 0.29) is 0 Å². The summed E-state index contributed by atoms with van der Waals surface area (Å²) in [6, 6.07) is 16.9. The van der Waals surface area contributed by atoms with Crippen LogP contribution in [0.2, 0.25) is 5.02 Å². The maximum atomic E-state index is 6.23. The second-order valence-corrected chi connectivity index (χ2v) is 8.04. The molecule has 0 atom stereocenters. The van der Waals surface area contributed by atoms with Gasteiger partial charge in [0.15, 0.2) is 0 Å². The van der Waals surface area contributed by atoms with Crippen LogP contribution in [0.25, 0.3) is 0 Å². The van der Waals surface area contributed by atoms with Gasteiger partial charge in [0.1, 0.15) is 0 Å². The molecule has 4 rings (SSSR count). The van der Waals surface area contributed by atoms with E-state index in [1.165, 1.54) is 56.2 Å². The Balaban J connectivity index is 1.42. The van der Waals surface area contributed by atoms with Crippen molar-refractivity contribution in [1.82, 2.24) is 9.80 Å². The molecular formula is C22H29ClN4. The van der Waals surface area contributed by atoms with Crippen LogP contribution >= 0.6 is 11.6 Å². The monoisotopic (exact) mass is 384 g/mol. The molecule has 2 heterocycles. The van der Waals surface area contributed by atoms with Gasteiger partial charge in [-0.15, -0.1) is 0 Å². The van der Waals surface area contributed by atoms with Crippen LogP contribution in [0.15, 0.2) is 48.5 Å². The van der Waals surface area contributed by atoms with Gasteiger partial charge in [-0.3, -0.25) is 0 Å². The van der Waals surface area contributed by atoms with E-state index in [1.807, 2.05) is 12.1 Å². The van der Waals surface area contributed by atoms with Gasteiger partial charge in [-0.2, -0.15) is 0 Å². The predicted octanol–water partition coefficient (Wildman–Crippen LogP) is 3.94. The standard InChI is InChI=1S/C22H29ClN4/c1-24-12-14-25(15-13-24)10-5-11-26-16-17-27(20-7-4-6-19(23)18-20)22-9-3-2-8-21(22)26/h2-4,6-9,18H,5,10-17H2,1H3. The van der Waals surface area contributed by atoms with Crippen molar-refractivity contribution in [1.29, 1.82) is 0 Å². The number of anilines is 3. The summed E-state index contributed by atoms with van der Waals surface area (Å²) in [5, 5.41) is 0.791. The highest BCUT2D eigenvalue weighted by Gasteiger charge is 2.23. The number of hydrogen-bond acceptors (Lipinski definition) is 4. The third kappa shape index (κ3) is 4.40. The van der Waals surface area contributed by atoms with Crippen LogP contribution in [-0.4, -0.2) is 69.2 Å². The highest BCUT2D eigenvalue weighted by atomic mass is 35.5. The Bertz CT molecular complexity index is 757. The molecule has 5 heteroatoms. The lowest BCUT2D eigenvalue weighted by atomic mass is 10.1. The van der Waals surface area contributed by atoms with Crippen molar-refractivity contribution in [3.8, 4) is 0 Å². The molecule has 1 saturated heterocycles. The molecule has 2 aliphatic rings. The van der Waals surface area contributed by atoms with Crippen LogP contribution in [0, 0.1) is 0 Å². The molecule has 0 bridgehead atoms. The van der Waals surface area contributed by atoms with Crippen molar-refractivity contribution in [2.24, 2.45) is 0 Å². The van der Waals surface area contributed by atoms with Crippen LogP contribution in [-0.2, 0) is 0 Å². The van der Waals surface area contributed by atoms with Crippen LogP contribution in [0.4, 0.5) is 17.1 Å². The fraction of sp³-hybridized carbons (Fsp3) is 0.455. The van der Waals surface area contributed by atoms with E-state index in [0.717, 1.165) is 24.7 Å². The van der Waals surface area contributed by atoms with Crippen LogP contribution in [0.5, 0.6) is 0 Å². The van der Waals surface area contributed by atoms with Crippen molar-refractivity contribution in [3.63, 3.8) is 0 Å². The molecule has 2 aliphatic heterocycles. The quantitative estimate of drug-likeness (QED) is 0.774. The van der Waals surface area contributed by atoms with Gasteiger partial charge >= 0.3 is 0 Å². The van der Waals surface area contributed by atoms with Gasteiger partial charge in [0.05, 0.1) is 11.4 Å². The topological polar surface area (TPSA) is 13.0 Å². The van der Waals surface area contributed by atoms with E-state index in [4.69, 9.17) is 11.6 Å². The van der Waals surface area contributed by atoms with Crippen LogP contribution < -0.4 is 9.80 Å². The molecule has 0 radical (unpaired) electrons. The zero-order chi connectivity index (χ0) is 18.6. The second kappa shape index (κ2) is 8.51. The number of nitrogens with zero attached hydrogens (tertiary/aromatic N) is 4. The molecule has 4 nitrogen and oxygen atoms in total. The fourth-order valence-electron chi connectivity index (χ4n) is 4.12. The van der Waals surface area contributed by atoms with Crippen LogP contribution in [0.1, 0.15) is 6.42 Å². The summed E-state index contributed by atoms with van der Waals surface area (Å²) < 4.78 is 0. The number of piperazine rings is 1. The van der Waals surface area contributed by atoms with Gasteiger partial charge in [-0.25, -0.2) is 0 Å². The Labute approximate surface area is 167 Å². The van der Waals surface area contributed by atoms with E-state index in [1.54, 1.807) is 0 Å². The third-order valence-electron chi connectivity index (χ3n) is 5.72. The first-order valence-electron chi connectivity index (χ1n) is 9.99. The zero-order valence-corrected chi connectivity index (χ0v) is 16.9. The molecule has 0 saturated carbocycles. The molecule has 0 amide bonds. The van der Waals surface area contributed by atoms with E-state index < -0.39 is 0 Å². The molecule has 1 fully saturated rings. The largest absolute Gasteiger partial charge is 0.368 e. The van der Waals surface area contributed by atoms with Crippen molar-refractivity contribution >= 4 is 28.7 Å². The minimum Gasteiger partial charge on any atom is -0.368 e. The summed E-state index contributed by atoms with van der Waals surface area (Å²) in [7, 11) is 2.22. The lowest BCUT2D eigenvalue weighted by Crippen LogP contribution is -2.45. The van der Waals surface area contributed by atoms with Gasteiger partial charge < -0.3 is 19.6 Å². The number of para-hydroxylation sites is 2. The first-order chi connectivity index (χ1) is 13.2. The Kier molecular flexibility index (Phi) is 5.86. The molecule has 0 unspecified atom stereocenters. The van der Waals surface area contributed by atoms with Gasteiger partial charge in [-0.1, -0.05) is 29.8 Å². The molecule has 2 aromatic rings. The average molecular weight is 385 g/mol. The molecule has 0 aliphatic carbocycles. The molecule has 0 aromatic heterocycles. The SMILES string of the molecule is CN1CCN(CCCN2CCN(c3cccc(Cl)c3)c3ccccc32)CC1. The predicted molar refractivity (Wildman–Crippen MR) is 116 cm³/mol. The van der Waals surface area contributed by atoms with Gasteiger partial charge in [0, 0.05) is 56.5 Å². The third-order valence-corrected chi connectivity index (χ3v) is 5.96. The number of rotatable bonds is 5. The Morgan fingerprint density at radius 2 is 1.59 bits per heavy atom. The van der Waals surface area contributed by atoms with Crippen molar-refractivity contribution in [2.75, 3.05) is 69.2 Å². The molecule has 0 N–H and O–H groups in total. The number of halogens is 1. The summed E-state index contributed by atoms with van der Waals surface area (Å²) in [6.07, 6.45) is 1.22. The smallest absolute Gasteiger partial charge is 0.0649 e. The summed E-state index contributed by atoms with van der Waals surface area (Å²) in [5.41, 5.74) is 3.79. The number of hydrogen-bond donors (Lipinski definition) is 0. The lowest BCUT2D eigenvalue weighted by molar-refractivity contribution is 0.153.